The van der Waals surface area contributed by atoms with Gasteiger partial charge in [0.15, 0.2) is 10.9 Å². The fourth-order valence-electron chi connectivity index (χ4n) is 1.40. The molecule has 0 unspecified atom stereocenters. The van der Waals surface area contributed by atoms with Gasteiger partial charge in [0.2, 0.25) is 0 Å². The van der Waals surface area contributed by atoms with Crippen LogP contribution in [-0.4, -0.2) is 26.8 Å². The predicted molar refractivity (Wildman–Crippen MR) is 79.2 cm³/mol. The molecule has 98 valence electrons. The maximum Gasteiger partial charge on any atom is 0.171 e. The molecule has 0 atom stereocenters. The van der Waals surface area contributed by atoms with Gasteiger partial charge in [0.1, 0.15) is 0 Å². The van der Waals surface area contributed by atoms with Crippen LogP contribution in [0.25, 0.3) is 0 Å². The lowest BCUT2D eigenvalue weighted by Gasteiger charge is -2.10. The Kier molecular flexibility index (Phi) is 5.00. The molecule has 2 aromatic rings. The molecule has 0 amide bonds. The highest BCUT2D eigenvalue weighted by atomic mass is 35.5. The number of hydrogen-bond donors (Lipinski definition) is 2. The molecule has 0 aliphatic carbocycles. The van der Waals surface area contributed by atoms with Gasteiger partial charge in [-0.1, -0.05) is 11.6 Å². The normalized spacial score (nSPS) is 9.95. The standard InChI is InChI=1S/C12H12ClN5S/c13-10-4-2-6-14-11(10)17-12(19)15-8-5-9-3-1-7-16-18-9/h1-4,6-7H,5,8H2,(H2,14,15,17,19). The Balaban J connectivity index is 1.78. The first kappa shape index (κ1) is 13.6. The maximum atomic E-state index is 5.97. The molecule has 0 fully saturated rings. The topological polar surface area (TPSA) is 62.7 Å². The Bertz CT molecular complexity index is 549. The zero-order valence-electron chi connectivity index (χ0n) is 10.0. The molecule has 0 bridgehead atoms. The smallest absolute Gasteiger partial charge is 0.171 e. The quantitative estimate of drug-likeness (QED) is 0.841. The van der Waals surface area contributed by atoms with Crippen molar-refractivity contribution in [1.82, 2.24) is 20.5 Å². The van der Waals surface area contributed by atoms with Crippen LogP contribution in [0.5, 0.6) is 0 Å². The van der Waals surface area contributed by atoms with E-state index in [9.17, 15) is 0 Å². The number of hydrogen-bond acceptors (Lipinski definition) is 4. The van der Waals surface area contributed by atoms with E-state index in [2.05, 4.69) is 25.8 Å². The third-order valence-corrected chi connectivity index (χ3v) is 2.84. The second-order valence-corrected chi connectivity index (χ2v) is 4.50. The van der Waals surface area contributed by atoms with Gasteiger partial charge in [0, 0.05) is 25.4 Å². The highest BCUT2D eigenvalue weighted by molar-refractivity contribution is 7.80. The molecule has 0 aliphatic heterocycles. The number of halogens is 1. The van der Waals surface area contributed by atoms with Crippen LogP contribution in [0.3, 0.4) is 0 Å². The van der Waals surface area contributed by atoms with Gasteiger partial charge >= 0.3 is 0 Å². The summed E-state index contributed by atoms with van der Waals surface area (Å²) < 4.78 is 0. The summed E-state index contributed by atoms with van der Waals surface area (Å²) in [6, 6.07) is 7.28. The number of pyridine rings is 1. The summed E-state index contributed by atoms with van der Waals surface area (Å²) in [4.78, 5) is 4.09. The van der Waals surface area contributed by atoms with Gasteiger partial charge in [-0.25, -0.2) is 4.98 Å². The van der Waals surface area contributed by atoms with Crippen LogP contribution < -0.4 is 10.6 Å². The predicted octanol–water partition coefficient (Wildman–Crippen LogP) is 2.05. The van der Waals surface area contributed by atoms with Crippen molar-refractivity contribution >= 4 is 34.7 Å². The van der Waals surface area contributed by atoms with Crippen molar-refractivity contribution in [1.29, 1.82) is 0 Å². The zero-order valence-corrected chi connectivity index (χ0v) is 11.6. The number of nitrogens with one attached hydrogen (secondary N) is 2. The molecule has 19 heavy (non-hydrogen) atoms. The van der Waals surface area contributed by atoms with E-state index in [1.54, 1.807) is 24.5 Å². The van der Waals surface area contributed by atoms with Gasteiger partial charge in [-0.05, 0) is 36.5 Å². The summed E-state index contributed by atoms with van der Waals surface area (Å²) in [5, 5.41) is 14.8. The van der Waals surface area contributed by atoms with Crippen molar-refractivity contribution in [3.63, 3.8) is 0 Å². The SMILES string of the molecule is S=C(NCCc1cccnn1)Nc1ncccc1Cl. The molecular formula is C12H12ClN5S. The van der Waals surface area contributed by atoms with Crippen molar-refractivity contribution < 1.29 is 0 Å². The van der Waals surface area contributed by atoms with Gasteiger partial charge in [-0.3, -0.25) is 0 Å². The molecule has 2 heterocycles. The largest absolute Gasteiger partial charge is 0.362 e. The first-order valence-electron chi connectivity index (χ1n) is 5.67. The average Bonchev–Trinajstić information content (AvgIpc) is 2.43. The van der Waals surface area contributed by atoms with Gasteiger partial charge in [-0.15, -0.1) is 0 Å². The average molecular weight is 294 g/mol. The summed E-state index contributed by atoms with van der Waals surface area (Å²) in [6.45, 7) is 0.662. The lowest BCUT2D eigenvalue weighted by Crippen LogP contribution is -2.30. The Morgan fingerprint density at radius 2 is 2.11 bits per heavy atom. The molecular weight excluding hydrogens is 282 g/mol. The van der Waals surface area contributed by atoms with E-state index in [4.69, 9.17) is 23.8 Å². The van der Waals surface area contributed by atoms with Crippen LogP contribution in [0.4, 0.5) is 5.82 Å². The number of thiocarbonyl (C=S) groups is 1. The first-order chi connectivity index (χ1) is 9.25. The van der Waals surface area contributed by atoms with Gasteiger partial charge in [0.25, 0.3) is 0 Å². The molecule has 2 N–H and O–H groups in total. The van der Waals surface area contributed by atoms with E-state index in [1.165, 1.54) is 0 Å². The van der Waals surface area contributed by atoms with Crippen LogP contribution in [0, 0.1) is 0 Å². The van der Waals surface area contributed by atoms with Crippen LogP contribution in [0.2, 0.25) is 5.02 Å². The summed E-state index contributed by atoms with van der Waals surface area (Å²) in [6.07, 6.45) is 4.04. The number of rotatable bonds is 4. The van der Waals surface area contributed by atoms with E-state index < -0.39 is 0 Å². The van der Waals surface area contributed by atoms with Crippen LogP contribution >= 0.6 is 23.8 Å². The zero-order chi connectivity index (χ0) is 13.5. The van der Waals surface area contributed by atoms with Crippen LogP contribution in [0.15, 0.2) is 36.7 Å². The Morgan fingerprint density at radius 1 is 1.26 bits per heavy atom. The third-order valence-electron chi connectivity index (χ3n) is 2.28. The Labute approximate surface area is 121 Å². The number of nitrogens with zero attached hydrogens (tertiary/aromatic N) is 3. The molecule has 2 rings (SSSR count). The van der Waals surface area contributed by atoms with Gasteiger partial charge in [0.05, 0.1) is 10.7 Å². The van der Waals surface area contributed by atoms with E-state index >= 15 is 0 Å². The summed E-state index contributed by atoms with van der Waals surface area (Å²) in [7, 11) is 0. The molecule has 0 saturated heterocycles. The minimum atomic E-state index is 0.476. The van der Waals surface area contributed by atoms with Crippen molar-refractivity contribution in [2.45, 2.75) is 6.42 Å². The van der Waals surface area contributed by atoms with E-state index in [0.29, 0.717) is 22.5 Å². The van der Waals surface area contributed by atoms with Crippen molar-refractivity contribution in [2.24, 2.45) is 0 Å². The molecule has 0 aliphatic rings. The molecule has 0 spiro atoms. The third kappa shape index (κ3) is 4.42. The fourth-order valence-corrected chi connectivity index (χ4v) is 1.77. The van der Waals surface area contributed by atoms with E-state index in [0.717, 1.165) is 12.1 Å². The van der Waals surface area contributed by atoms with Crippen molar-refractivity contribution in [2.75, 3.05) is 11.9 Å². The summed E-state index contributed by atoms with van der Waals surface area (Å²) in [5.41, 5.74) is 0.911. The van der Waals surface area contributed by atoms with Crippen LogP contribution in [-0.2, 0) is 6.42 Å². The number of aromatic nitrogens is 3. The van der Waals surface area contributed by atoms with Crippen LogP contribution in [0.1, 0.15) is 5.69 Å². The fraction of sp³-hybridized carbons (Fsp3) is 0.167. The van der Waals surface area contributed by atoms with E-state index in [1.807, 2.05) is 12.1 Å². The maximum absolute atomic E-state index is 5.97. The summed E-state index contributed by atoms with van der Waals surface area (Å²) >= 11 is 11.1. The number of anilines is 1. The molecule has 5 nitrogen and oxygen atoms in total. The molecule has 0 saturated carbocycles. The monoisotopic (exact) mass is 293 g/mol. The van der Waals surface area contributed by atoms with E-state index in [-0.39, 0.29) is 0 Å². The molecule has 0 radical (unpaired) electrons. The van der Waals surface area contributed by atoms with Crippen molar-refractivity contribution in [3.05, 3.63) is 47.4 Å². The summed E-state index contributed by atoms with van der Waals surface area (Å²) in [5.74, 6) is 0.543. The highest BCUT2D eigenvalue weighted by Gasteiger charge is 2.02. The Morgan fingerprint density at radius 3 is 2.84 bits per heavy atom. The highest BCUT2D eigenvalue weighted by Crippen LogP contribution is 2.16. The van der Waals surface area contributed by atoms with Gasteiger partial charge in [-0.2, -0.15) is 10.2 Å². The first-order valence-corrected chi connectivity index (χ1v) is 6.46. The second-order valence-electron chi connectivity index (χ2n) is 3.68. The van der Waals surface area contributed by atoms with Crippen molar-refractivity contribution in [3.8, 4) is 0 Å². The molecule has 0 aromatic carbocycles. The lowest BCUT2D eigenvalue weighted by atomic mass is 10.3. The second kappa shape index (κ2) is 6.96. The molecule has 7 heteroatoms. The minimum Gasteiger partial charge on any atom is -0.362 e. The lowest BCUT2D eigenvalue weighted by molar-refractivity contribution is 0.817. The van der Waals surface area contributed by atoms with Gasteiger partial charge < -0.3 is 10.6 Å². The Hall–Kier alpha value is -1.79. The minimum absolute atomic E-state index is 0.476. The molecule has 2 aromatic heterocycles.